The van der Waals surface area contributed by atoms with Gasteiger partial charge in [0.05, 0.1) is 12.5 Å². The smallest absolute Gasteiger partial charge is 0.232 e. The zero-order valence-electron chi connectivity index (χ0n) is 13.0. The van der Waals surface area contributed by atoms with Gasteiger partial charge in [0.1, 0.15) is 18.0 Å². The minimum absolute atomic E-state index is 0.131. The summed E-state index contributed by atoms with van der Waals surface area (Å²) in [6.45, 7) is 4.10. The molecule has 1 amide bonds. The van der Waals surface area contributed by atoms with E-state index in [9.17, 15) is 4.79 Å². The Bertz CT molecular complexity index is 775. The summed E-state index contributed by atoms with van der Waals surface area (Å²) in [5, 5.41) is 9.24. The summed E-state index contributed by atoms with van der Waals surface area (Å²) >= 11 is 0. The van der Waals surface area contributed by atoms with Crippen LogP contribution >= 0.6 is 0 Å². The summed E-state index contributed by atoms with van der Waals surface area (Å²) in [6.07, 6.45) is 5.32. The number of hydrogen-bond acceptors (Lipinski definition) is 4. The largest absolute Gasteiger partial charge is 0.328 e. The highest BCUT2D eigenvalue weighted by Gasteiger charge is 2.10. The third kappa shape index (κ3) is 3.45. The van der Waals surface area contributed by atoms with Crippen molar-refractivity contribution >= 4 is 11.6 Å². The van der Waals surface area contributed by atoms with Crippen LogP contribution in [0.3, 0.4) is 0 Å². The molecule has 0 unspecified atom stereocenters. The number of benzene rings is 1. The fourth-order valence-corrected chi connectivity index (χ4v) is 2.48. The molecule has 0 saturated carbocycles. The highest BCUT2D eigenvalue weighted by Crippen LogP contribution is 2.21. The van der Waals surface area contributed by atoms with Crippen LogP contribution in [-0.4, -0.2) is 30.6 Å². The molecule has 3 aromatic rings. The lowest BCUT2D eigenvalue weighted by molar-refractivity contribution is -0.115. The monoisotopic (exact) mass is 310 g/mol. The van der Waals surface area contributed by atoms with Crippen molar-refractivity contribution in [3.05, 3.63) is 60.2 Å². The molecule has 0 radical (unpaired) electrons. The Hall–Kier alpha value is -2.96. The molecule has 1 atom stereocenters. The number of imidazole rings is 1. The van der Waals surface area contributed by atoms with Gasteiger partial charge in [-0.15, -0.1) is 0 Å². The van der Waals surface area contributed by atoms with E-state index in [1.54, 1.807) is 6.20 Å². The van der Waals surface area contributed by atoms with E-state index in [0.717, 1.165) is 17.1 Å². The number of aryl methyl sites for hydroxylation is 1. The van der Waals surface area contributed by atoms with Crippen LogP contribution in [-0.2, 0) is 11.2 Å². The van der Waals surface area contributed by atoms with Gasteiger partial charge in [-0.05, 0) is 31.5 Å². The molecule has 2 aromatic heterocycles. The van der Waals surface area contributed by atoms with Gasteiger partial charge in [0.15, 0.2) is 0 Å². The number of nitrogens with zero attached hydrogens (tertiary/aromatic N) is 4. The number of carbonyl (C=O) groups excluding carboxylic acids is 1. The quantitative estimate of drug-likeness (QED) is 0.755. The van der Waals surface area contributed by atoms with Crippen LogP contribution in [0, 0.1) is 6.92 Å². The van der Waals surface area contributed by atoms with E-state index in [2.05, 4.69) is 37.0 Å². The predicted molar refractivity (Wildman–Crippen MR) is 85.9 cm³/mol. The molecule has 2 heterocycles. The van der Waals surface area contributed by atoms with Crippen LogP contribution < -0.4 is 5.32 Å². The lowest BCUT2D eigenvalue weighted by atomic mass is 10.1. The summed E-state index contributed by atoms with van der Waals surface area (Å²) in [4.78, 5) is 20.1. The molecular formula is C16H18N6O. The first kappa shape index (κ1) is 15.0. The molecule has 23 heavy (non-hydrogen) atoms. The number of nitrogens with one attached hydrogen (secondary N) is 2. The first-order chi connectivity index (χ1) is 11.1. The van der Waals surface area contributed by atoms with Gasteiger partial charge >= 0.3 is 0 Å². The summed E-state index contributed by atoms with van der Waals surface area (Å²) in [5.41, 5.74) is 1.91. The molecule has 7 nitrogen and oxygen atoms in total. The molecule has 0 saturated heterocycles. The van der Waals surface area contributed by atoms with Crippen molar-refractivity contribution in [1.29, 1.82) is 0 Å². The van der Waals surface area contributed by atoms with Gasteiger partial charge in [-0.25, -0.2) is 9.97 Å². The van der Waals surface area contributed by atoms with Gasteiger partial charge in [0.2, 0.25) is 5.91 Å². The summed E-state index contributed by atoms with van der Waals surface area (Å²) in [7, 11) is 0. The topological polar surface area (TPSA) is 88.5 Å². The number of aromatic nitrogens is 5. The van der Waals surface area contributed by atoms with Crippen LogP contribution in [0.2, 0.25) is 0 Å². The fraction of sp³-hybridized carbons (Fsp3) is 0.250. The van der Waals surface area contributed by atoms with E-state index in [0.29, 0.717) is 5.82 Å². The maximum absolute atomic E-state index is 11.9. The van der Waals surface area contributed by atoms with Crippen molar-refractivity contribution in [2.45, 2.75) is 26.3 Å². The van der Waals surface area contributed by atoms with Crippen molar-refractivity contribution in [2.75, 3.05) is 5.32 Å². The lowest BCUT2D eigenvalue weighted by Gasteiger charge is -2.16. The van der Waals surface area contributed by atoms with E-state index in [1.807, 2.05) is 37.4 Å². The zero-order chi connectivity index (χ0) is 16.2. The molecule has 0 spiro atoms. The third-order valence-corrected chi connectivity index (χ3v) is 3.75. The minimum atomic E-state index is -0.131. The molecular weight excluding hydrogens is 292 g/mol. The lowest BCUT2D eigenvalue weighted by Crippen LogP contribution is -2.15. The Morgan fingerprint density at radius 1 is 1.30 bits per heavy atom. The number of carbonyl (C=O) groups is 1. The number of hydrogen-bond donors (Lipinski definition) is 2. The minimum Gasteiger partial charge on any atom is -0.328 e. The Kier molecular flexibility index (Phi) is 4.18. The second-order valence-corrected chi connectivity index (χ2v) is 5.34. The normalized spacial score (nSPS) is 12.1. The molecule has 0 aliphatic heterocycles. The first-order valence-electron chi connectivity index (χ1n) is 7.37. The first-order valence-corrected chi connectivity index (χ1v) is 7.37. The molecule has 1 aromatic carbocycles. The molecule has 0 aliphatic rings. The van der Waals surface area contributed by atoms with E-state index < -0.39 is 0 Å². The van der Waals surface area contributed by atoms with Crippen LogP contribution in [0.1, 0.15) is 30.2 Å². The standard InChI is InChI=1S/C16H18N6O/c1-11(22-8-7-17-12(22)2)13-3-5-14(6-4-13)20-16(23)9-15-18-10-19-21-15/h3-8,10-11H,9H2,1-2H3,(H,20,23)(H,18,19,21)/t11-/m0/s1. The van der Waals surface area contributed by atoms with Crippen molar-refractivity contribution in [3.8, 4) is 0 Å². The number of aromatic amines is 1. The average molecular weight is 310 g/mol. The second kappa shape index (κ2) is 6.43. The Balaban J connectivity index is 1.65. The summed E-state index contributed by atoms with van der Waals surface area (Å²) in [5.74, 6) is 1.39. The number of anilines is 1. The van der Waals surface area contributed by atoms with Gasteiger partial charge in [-0.2, -0.15) is 5.10 Å². The van der Waals surface area contributed by atoms with Crippen LogP contribution in [0.15, 0.2) is 43.0 Å². The Morgan fingerprint density at radius 3 is 2.70 bits per heavy atom. The van der Waals surface area contributed by atoms with Crippen molar-refractivity contribution in [1.82, 2.24) is 24.7 Å². The van der Waals surface area contributed by atoms with Gasteiger partial charge < -0.3 is 9.88 Å². The number of H-pyrrole nitrogens is 1. The SMILES string of the molecule is Cc1nccn1[C@@H](C)c1ccc(NC(=O)Cc2ncn[nH]2)cc1. The van der Waals surface area contributed by atoms with Gasteiger partial charge in [-0.3, -0.25) is 9.89 Å². The van der Waals surface area contributed by atoms with E-state index >= 15 is 0 Å². The average Bonchev–Trinajstić information content (AvgIpc) is 3.19. The predicted octanol–water partition coefficient (Wildman–Crippen LogP) is 2.10. The molecule has 0 aliphatic carbocycles. The maximum Gasteiger partial charge on any atom is 0.232 e. The van der Waals surface area contributed by atoms with Gasteiger partial charge in [0, 0.05) is 18.1 Å². The molecule has 3 rings (SSSR count). The molecule has 2 N–H and O–H groups in total. The van der Waals surface area contributed by atoms with Crippen LogP contribution in [0.5, 0.6) is 0 Å². The van der Waals surface area contributed by atoms with Crippen molar-refractivity contribution in [2.24, 2.45) is 0 Å². The Labute approximate surface area is 133 Å². The van der Waals surface area contributed by atoms with Crippen molar-refractivity contribution < 1.29 is 4.79 Å². The van der Waals surface area contributed by atoms with E-state index in [1.165, 1.54) is 6.33 Å². The molecule has 0 fully saturated rings. The van der Waals surface area contributed by atoms with E-state index in [4.69, 9.17) is 0 Å². The fourth-order valence-electron chi connectivity index (χ4n) is 2.48. The molecule has 118 valence electrons. The highest BCUT2D eigenvalue weighted by atomic mass is 16.1. The highest BCUT2D eigenvalue weighted by molar-refractivity contribution is 5.91. The zero-order valence-corrected chi connectivity index (χ0v) is 13.0. The summed E-state index contributed by atoms with van der Waals surface area (Å²) in [6, 6.07) is 8.01. The molecule has 7 heteroatoms. The maximum atomic E-state index is 11.9. The Morgan fingerprint density at radius 2 is 2.09 bits per heavy atom. The number of amides is 1. The number of rotatable bonds is 5. The summed E-state index contributed by atoms with van der Waals surface area (Å²) < 4.78 is 2.11. The van der Waals surface area contributed by atoms with Gasteiger partial charge in [0.25, 0.3) is 0 Å². The van der Waals surface area contributed by atoms with Crippen molar-refractivity contribution in [3.63, 3.8) is 0 Å². The third-order valence-electron chi connectivity index (χ3n) is 3.75. The van der Waals surface area contributed by atoms with Crippen LogP contribution in [0.25, 0.3) is 0 Å². The van der Waals surface area contributed by atoms with Gasteiger partial charge in [-0.1, -0.05) is 12.1 Å². The van der Waals surface area contributed by atoms with Crippen LogP contribution in [0.4, 0.5) is 5.69 Å². The van der Waals surface area contributed by atoms with E-state index in [-0.39, 0.29) is 18.4 Å². The molecule has 0 bridgehead atoms. The second-order valence-electron chi connectivity index (χ2n) is 5.34.